The molecule has 0 aliphatic rings. The molecule has 1 aromatic carbocycles. The molecule has 146 valence electrons. The van der Waals surface area contributed by atoms with Gasteiger partial charge in [0.2, 0.25) is 0 Å². The summed E-state index contributed by atoms with van der Waals surface area (Å²) in [7, 11) is 1.60. The van der Waals surface area contributed by atoms with Gasteiger partial charge >= 0.3 is 0 Å². The smallest absolute Gasteiger partial charge is 0.270 e. The molecule has 0 bridgehead atoms. The largest absolute Gasteiger partial charge is 0.290 e. The maximum absolute atomic E-state index is 12.6. The molecule has 0 fully saturated rings. The number of aromatic nitrogens is 5. The number of aromatic amines is 2. The predicted molar refractivity (Wildman–Crippen MR) is 103 cm³/mol. The molecule has 11 heteroatoms. The first-order valence-corrected chi connectivity index (χ1v) is 8.51. The molecule has 0 unspecified atom stereocenters. The second-order valence-corrected chi connectivity index (χ2v) is 6.36. The third-order valence-electron chi connectivity index (χ3n) is 4.39. The van der Waals surface area contributed by atoms with Crippen LogP contribution in [0.2, 0.25) is 0 Å². The number of amides is 2. The first-order chi connectivity index (χ1) is 13.9. The zero-order chi connectivity index (χ0) is 20.7. The van der Waals surface area contributed by atoms with Crippen molar-refractivity contribution < 1.29 is 9.59 Å². The fraction of sp³-hybridized carbons (Fsp3) is 0.111. The number of nitrogens with one attached hydrogen (secondary N) is 4. The maximum Gasteiger partial charge on any atom is 0.290 e. The fourth-order valence-electron chi connectivity index (χ4n) is 3.09. The summed E-state index contributed by atoms with van der Waals surface area (Å²) in [6, 6.07) is 7.91. The average Bonchev–Trinajstić information content (AvgIpc) is 2.99. The van der Waals surface area contributed by atoms with Crippen molar-refractivity contribution in [3.8, 4) is 0 Å². The van der Waals surface area contributed by atoms with Crippen LogP contribution < -0.4 is 22.0 Å². The zero-order valence-electron chi connectivity index (χ0n) is 15.4. The number of hydrogen-bond donors (Lipinski definition) is 4. The summed E-state index contributed by atoms with van der Waals surface area (Å²) in [5.41, 5.74) is 4.47. The number of carbonyl (C=O) groups excluding carboxylic acids is 2. The van der Waals surface area contributed by atoms with Gasteiger partial charge in [-0.15, -0.1) is 0 Å². The summed E-state index contributed by atoms with van der Waals surface area (Å²) >= 11 is 0. The predicted octanol–water partition coefficient (Wildman–Crippen LogP) is -0.119. The second-order valence-electron chi connectivity index (χ2n) is 6.36. The Morgan fingerprint density at radius 3 is 2.48 bits per heavy atom. The highest BCUT2D eigenvalue weighted by atomic mass is 16.2. The van der Waals surface area contributed by atoms with E-state index in [1.165, 1.54) is 10.7 Å². The van der Waals surface area contributed by atoms with Gasteiger partial charge in [0.25, 0.3) is 22.9 Å². The van der Waals surface area contributed by atoms with Crippen LogP contribution in [0.4, 0.5) is 0 Å². The molecule has 0 aliphatic carbocycles. The SMILES string of the molecule is Cc1cc(C(=O)NNC(=O)c2n[nH]c(=O)c3ccccc23)c2c(=O)[nH]n(C)c2n1. The van der Waals surface area contributed by atoms with E-state index in [9.17, 15) is 19.2 Å². The van der Waals surface area contributed by atoms with Crippen molar-refractivity contribution in [2.45, 2.75) is 6.92 Å². The number of hydrogen-bond acceptors (Lipinski definition) is 6. The van der Waals surface area contributed by atoms with E-state index in [2.05, 4.69) is 31.1 Å². The molecule has 4 aromatic rings. The fourth-order valence-corrected chi connectivity index (χ4v) is 3.09. The number of rotatable bonds is 2. The minimum Gasteiger partial charge on any atom is -0.270 e. The summed E-state index contributed by atoms with van der Waals surface area (Å²) in [6.45, 7) is 1.68. The Morgan fingerprint density at radius 1 is 1.03 bits per heavy atom. The molecule has 0 saturated heterocycles. The number of nitrogens with zero attached hydrogens (tertiary/aromatic N) is 3. The van der Waals surface area contributed by atoms with Crippen molar-refractivity contribution in [3.63, 3.8) is 0 Å². The van der Waals surface area contributed by atoms with Gasteiger partial charge in [0.15, 0.2) is 11.3 Å². The molecule has 0 spiro atoms. The van der Waals surface area contributed by atoms with Crippen molar-refractivity contribution in [1.82, 2.24) is 35.8 Å². The molecule has 29 heavy (non-hydrogen) atoms. The molecule has 0 aliphatic heterocycles. The van der Waals surface area contributed by atoms with Gasteiger partial charge in [0, 0.05) is 18.1 Å². The monoisotopic (exact) mass is 393 g/mol. The van der Waals surface area contributed by atoms with Crippen LogP contribution in [-0.2, 0) is 7.05 Å². The van der Waals surface area contributed by atoms with E-state index in [1.807, 2.05) is 0 Å². The van der Waals surface area contributed by atoms with Gasteiger partial charge in [-0.25, -0.2) is 10.1 Å². The van der Waals surface area contributed by atoms with Gasteiger partial charge in [0.05, 0.1) is 16.3 Å². The highest BCUT2D eigenvalue weighted by Crippen LogP contribution is 2.14. The molecule has 0 radical (unpaired) electrons. The lowest BCUT2D eigenvalue weighted by molar-refractivity contribution is 0.0845. The standard InChI is InChI=1S/C18H15N7O4/c1-8-7-11(12-14(19-8)25(2)24-17(12)28)16(27)22-23-18(29)13-9-5-3-4-6-10(9)15(26)21-20-13/h3-7H,1-2H3,(H,21,26)(H,22,27)(H,23,29)(H,24,28). The van der Waals surface area contributed by atoms with Gasteiger partial charge in [-0.05, 0) is 19.1 Å². The number of aryl methyl sites for hydroxylation is 2. The normalized spacial score (nSPS) is 11.0. The molecule has 3 heterocycles. The van der Waals surface area contributed by atoms with Gasteiger partial charge in [-0.1, -0.05) is 18.2 Å². The molecule has 11 nitrogen and oxygen atoms in total. The van der Waals surface area contributed by atoms with E-state index in [1.54, 1.807) is 38.2 Å². The van der Waals surface area contributed by atoms with Crippen LogP contribution in [-0.4, -0.2) is 36.8 Å². The Hall–Kier alpha value is -4.28. The Balaban J connectivity index is 1.64. The van der Waals surface area contributed by atoms with E-state index in [-0.39, 0.29) is 16.6 Å². The van der Waals surface area contributed by atoms with E-state index in [0.29, 0.717) is 22.1 Å². The third-order valence-corrected chi connectivity index (χ3v) is 4.39. The summed E-state index contributed by atoms with van der Waals surface area (Å²) in [5.74, 6) is -1.42. The minimum atomic E-state index is -0.727. The van der Waals surface area contributed by atoms with Gasteiger partial charge in [0.1, 0.15) is 0 Å². The zero-order valence-corrected chi connectivity index (χ0v) is 15.4. The van der Waals surface area contributed by atoms with Crippen LogP contribution in [0.3, 0.4) is 0 Å². The Labute approximate surface area is 161 Å². The molecule has 3 aromatic heterocycles. The Kier molecular flexibility index (Phi) is 4.19. The summed E-state index contributed by atoms with van der Waals surface area (Å²) < 4.78 is 1.41. The van der Waals surface area contributed by atoms with Gasteiger partial charge < -0.3 is 0 Å². The van der Waals surface area contributed by atoms with Crippen LogP contribution in [0.15, 0.2) is 39.9 Å². The summed E-state index contributed by atoms with van der Waals surface area (Å²) in [6.07, 6.45) is 0. The summed E-state index contributed by atoms with van der Waals surface area (Å²) in [4.78, 5) is 53.4. The van der Waals surface area contributed by atoms with Crippen LogP contribution >= 0.6 is 0 Å². The van der Waals surface area contributed by atoms with Crippen molar-refractivity contribution in [2.24, 2.45) is 7.05 Å². The topological polar surface area (TPSA) is 155 Å². The number of fused-ring (bicyclic) bond motifs is 2. The van der Waals surface area contributed by atoms with Crippen molar-refractivity contribution in [1.29, 1.82) is 0 Å². The molecular weight excluding hydrogens is 378 g/mol. The Bertz CT molecular complexity index is 1410. The van der Waals surface area contributed by atoms with Crippen molar-refractivity contribution >= 4 is 33.6 Å². The van der Waals surface area contributed by atoms with E-state index in [4.69, 9.17) is 0 Å². The maximum atomic E-state index is 12.6. The van der Waals surface area contributed by atoms with Gasteiger partial charge in [-0.2, -0.15) is 5.10 Å². The van der Waals surface area contributed by atoms with Crippen LogP contribution in [0, 0.1) is 6.92 Å². The van der Waals surface area contributed by atoms with Crippen LogP contribution in [0.1, 0.15) is 26.5 Å². The highest BCUT2D eigenvalue weighted by Gasteiger charge is 2.19. The van der Waals surface area contributed by atoms with E-state index in [0.717, 1.165) is 0 Å². The highest BCUT2D eigenvalue weighted by molar-refractivity contribution is 6.08. The first-order valence-electron chi connectivity index (χ1n) is 8.51. The molecule has 0 saturated carbocycles. The average molecular weight is 393 g/mol. The van der Waals surface area contributed by atoms with E-state index < -0.39 is 22.9 Å². The Morgan fingerprint density at radius 2 is 1.72 bits per heavy atom. The minimum absolute atomic E-state index is 0.0610. The molecule has 4 N–H and O–H groups in total. The third kappa shape index (κ3) is 3.04. The number of benzene rings is 1. The number of pyridine rings is 1. The lowest BCUT2D eigenvalue weighted by Gasteiger charge is -2.09. The van der Waals surface area contributed by atoms with Gasteiger partial charge in [-0.3, -0.25) is 39.8 Å². The lowest BCUT2D eigenvalue weighted by Crippen LogP contribution is -2.42. The molecule has 4 rings (SSSR count). The van der Waals surface area contributed by atoms with E-state index >= 15 is 0 Å². The molecule has 0 atom stereocenters. The second kappa shape index (κ2) is 6.71. The van der Waals surface area contributed by atoms with Crippen molar-refractivity contribution in [3.05, 3.63) is 68.0 Å². The first kappa shape index (κ1) is 18.1. The molecular formula is C18H15N7O4. The number of carbonyl (C=O) groups is 2. The quantitative estimate of drug-likeness (QED) is 0.348. The van der Waals surface area contributed by atoms with Crippen molar-refractivity contribution in [2.75, 3.05) is 0 Å². The lowest BCUT2D eigenvalue weighted by atomic mass is 10.1. The van der Waals surface area contributed by atoms with Crippen LogP contribution in [0.5, 0.6) is 0 Å². The summed E-state index contributed by atoms with van der Waals surface area (Å²) in [5, 5.41) is 9.30. The number of hydrazine groups is 1. The van der Waals surface area contributed by atoms with Crippen LogP contribution in [0.25, 0.3) is 21.8 Å². The molecule has 2 amide bonds. The number of H-pyrrole nitrogens is 2.